The van der Waals surface area contributed by atoms with Crippen molar-refractivity contribution in [2.24, 2.45) is 0 Å². The minimum atomic E-state index is -3.60. The molecule has 0 atom stereocenters. The van der Waals surface area contributed by atoms with Crippen LogP contribution in [0.3, 0.4) is 0 Å². The second kappa shape index (κ2) is 9.13. The summed E-state index contributed by atoms with van der Waals surface area (Å²) in [6.45, 7) is 3.93. The van der Waals surface area contributed by atoms with Crippen LogP contribution in [0.1, 0.15) is 23.9 Å². The Morgan fingerprint density at radius 2 is 1.83 bits per heavy atom. The van der Waals surface area contributed by atoms with Crippen LogP contribution < -0.4 is 9.62 Å². The Balaban J connectivity index is 1.67. The average Bonchev–Trinajstić information content (AvgIpc) is 3.16. The standard InChI is InChI=1S/C22H26N4O3S/c1-4-19-7-5-6-8-21(19)26(30(3,28)29)16-22(27)24-15-18-9-11-20(12-10-18)25-14-13-23-17(25)2/h5-14H,4,15-16H2,1-3H3,(H,24,27). The van der Waals surface area contributed by atoms with Gasteiger partial charge in [-0.05, 0) is 42.7 Å². The molecule has 1 amide bonds. The highest BCUT2D eigenvalue weighted by molar-refractivity contribution is 7.92. The second-order valence-corrected chi connectivity index (χ2v) is 8.95. The number of hydrogen-bond acceptors (Lipinski definition) is 4. The topological polar surface area (TPSA) is 84.3 Å². The largest absolute Gasteiger partial charge is 0.350 e. The molecule has 0 fully saturated rings. The predicted octanol–water partition coefficient (Wildman–Crippen LogP) is 2.83. The predicted molar refractivity (Wildman–Crippen MR) is 118 cm³/mol. The maximum Gasteiger partial charge on any atom is 0.241 e. The van der Waals surface area contributed by atoms with Gasteiger partial charge in [0.1, 0.15) is 12.4 Å². The lowest BCUT2D eigenvalue weighted by atomic mass is 10.1. The third-order valence-corrected chi connectivity index (χ3v) is 5.99. The number of hydrogen-bond donors (Lipinski definition) is 1. The quantitative estimate of drug-likeness (QED) is 0.600. The first-order valence-corrected chi connectivity index (χ1v) is 11.6. The van der Waals surface area contributed by atoms with E-state index in [0.717, 1.165) is 33.2 Å². The van der Waals surface area contributed by atoms with Crippen molar-refractivity contribution in [3.63, 3.8) is 0 Å². The first-order valence-electron chi connectivity index (χ1n) is 9.71. The molecule has 0 spiro atoms. The molecule has 30 heavy (non-hydrogen) atoms. The van der Waals surface area contributed by atoms with E-state index >= 15 is 0 Å². The highest BCUT2D eigenvalue weighted by Crippen LogP contribution is 2.23. The molecule has 0 radical (unpaired) electrons. The van der Waals surface area contributed by atoms with Gasteiger partial charge in [0.2, 0.25) is 15.9 Å². The van der Waals surface area contributed by atoms with E-state index < -0.39 is 10.0 Å². The zero-order chi connectivity index (χ0) is 21.7. The number of nitrogens with one attached hydrogen (secondary N) is 1. The van der Waals surface area contributed by atoms with Gasteiger partial charge in [0.15, 0.2) is 0 Å². The van der Waals surface area contributed by atoms with Crippen molar-refractivity contribution < 1.29 is 13.2 Å². The highest BCUT2D eigenvalue weighted by Gasteiger charge is 2.22. The lowest BCUT2D eigenvalue weighted by molar-refractivity contribution is -0.119. The Morgan fingerprint density at radius 1 is 1.13 bits per heavy atom. The van der Waals surface area contributed by atoms with Crippen LogP contribution in [-0.4, -0.2) is 36.7 Å². The molecule has 3 rings (SSSR count). The number of carbonyl (C=O) groups excluding carboxylic acids is 1. The van der Waals surface area contributed by atoms with E-state index in [4.69, 9.17) is 0 Å². The van der Waals surface area contributed by atoms with E-state index in [0.29, 0.717) is 18.7 Å². The van der Waals surface area contributed by atoms with Crippen LogP contribution >= 0.6 is 0 Å². The van der Waals surface area contributed by atoms with E-state index in [1.807, 2.05) is 61.0 Å². The maximum atomic E-state index is 12.5. The SMILES string of the molecule is CCc1ccccc1N(CC(=O)NCc1ccc(-n2ccnc2C)cc1)S(C)(=O)=O. The molecule has 3 aromatic rings. The number of aryl methyl sites for hydroxylation is 2. The summed E-state index contributed by atoms with van der Waals surface area (Å²) in [6.07, 6.45) is 5.42. The van der Waals surface area contributed by atoms with E-state index in [9.17, 15) is 13.2 Å². The number of carbonyl (C=O) groups is 1. The molecule has 0 bridgehead atoms. The Labute approximate surface area is 177 Å². The van der Waals surface area contributed by atoms with E-state index in [2.05, 4.69) is 10.3 Å². The zero-order valence-electron chi connectivity index (χ0n) is 17.4. The Morgan fingerprint density at radius 3 is 2.43 bits per heavy atom. The van der Waals surface area contributed by atoms with Crippen molar-refractivity contribution in [2.45, 2.75) is 26.8 Å². The summed E-state index contributed by atoms with van der Waals surface area (Å²) in [4.78, 5) is 16.7. The number of para-hydroxylation sites is 1. The van der Waals surface area contributed by atoms with Gasteiger partial charge in [-0.15, -0.1) is 0 Å². The summed E-state index contributed by atoms with van der Waals surface area (Å²) < 4.78 is 27.8. The Kier molecular flexibility index (Phi) is 6.56. The fourth-order valence-electron chi connectivity index (χ4n) is 3.25. The first-order chi connectivity index (χ1) is 14.3. The van der Waals surface area contributed by atoms with Gasteiger partial charge in [0.25, 0.3) is 0 Å². The van der Waals surface area contributed by atoms with Crippen LogP contribution in [0.5, 0.6) is 0 Å². The van der Waals surface area contributed by atoms with Gasteiger partial charge in [-0.25, -0.2) is 13.4 Å². The summed E-state index contributed by atoms with van der Waals surface area (Å²) in [5.74, 6) is 0.533. The number of nitrogens with zero attached hydrogens (tertiary/aromatic N) is 3. The lowest BCUT2D eigenvalue weighted by Gasteiger charge is -2.24. The van der Waals surface area contributed by atoms with E-state index in [-0.39, 0.29) is 12.5 Å². The lowest BCUT2D eigenvalue weighted by Crippen LogP contribution is -2.40. The minimum absolute atomic E-state index is 0.262. The number of benzene rings is 2. The zero-order valence-corrected chi connectivity index (χ0v) is 18.2. The van der Waals surface area contributed by atoms with Gasteiger partial charge in [-0.2, -0.15) is 0 Å². The van der Waals surface area contributed by atoms with Gasteiger partial charge >= 0.3 is 0 Å². The smallest absolute Gasteiger partial charge is 0.241 e. The normalized spacial score (nSPS) is 11.3. The van der Waals surface area contributed by atoms with Crippen LogP contribution in [0.4, 0.5) is 5.69 Å². The number of amides is 1. The van der Waals surface area contributed by atoms with Gasteiger partial charge in [-0.3, -0.25) is 9.10 Å². The average molecular weight is 427 g/mol. The molecule has 0 aliphatic rings. The molecule has 1 heterocycles. The van der Waals surface area contributed by atoms with Crippen molar-refractivity contribution in [2.75, 3.05) is 17.1 Å². The number of imidazole rings is 1. The third kappa shape index (κ3) is 5.07. The number of aromatic nitrogens is 2. The molecule has 8 heteroatoms. The minimum Gasteiger partial charge on any atom is -0.350 e. The Bertz CT molecular complexity index is 1120. The molecule has 1 N–H and O–H groups in total. The van der Waals surface area contributed by atoms with Gasteiger partial charge < -0.3 is 9.88 Å². The van der Waals surface area contributed by atoms with Crippen LogP contribution in [0.25, 0.3) is 5.69 Å². The van der Waals surface area contributed by atoms with Crippen molar-refractivity contribution in [3.8, 4) is 5.69 Å². The molecular weight excluding hydrogens is 400 g/mol. The van der Waals surface area contributed by atoms with Crippen molar-refractivity contribution >= 4 is 21.6 Å². The van der Waals surface area contributed by atoms with Gasteiger partial charge in [0, 0.05) is 24.6 Å². The van der Waals surface area contributed by atoms with Gasteiger partial charge in [-0.1, -0.05) is 37.3 Å². The molecule has 158 valence electrons. The maximum absolute atomic E-state index is 12.5. The highest BCUT2D eigenvalue weighted by atomic mass is 32.2. The Hall–Kier alpha value is -3.13. The van der Waals surface area contributed by atoms with Gasteiger partial charge in [0.05, 0.1) is 11.9 Å². The molecule has 0 saturated heterocycles. The molecule has 0 aliphatic heterocycles. The summed E-state index contributed by atoms with van der Waals surface area (Å²) in [5.41, 5.74) is 3.32. The first kappa shape index (κ1) is 21.6. The van der Waals surface area contributed by atoms with Crippen molar-refractivity contribution in [1.82, 2.24) is 14.9 Å². The fourth-order valence-corrected chi connectivity index (χ4v) is 4.13. The molecule has 7 nitrogen and oxygen atoms in total. The molecule has 0 aliphatic carbocycles. The van der Waals surface area contributed by atoms with Crippen LogP contribution in [0, 0.1) is 6.92 Å². The summed E-state index contributed by atoms with van der Waals surface area (Å²) in [7, 11) is -3.60. The van der Waals surface area contributed by atoms with Crippen molar-refractivity contribution in [3.05, 3.63) is 77.9 Å². The molecular formula is C22H26N4O3S. The van der Waals surface area contributed by atoms with E-state index in [1.165, 1.54) is 0 Å². The summed E-state index contributed by atoms with van der Waals surface area (Å²) in [5, 5.41) is 2.81. The number of anilines is 1. The number of sulfonamides is 1. The van der Waals surface area contributed by atoms with Crippen molar-refractivity contribution in [1.29, 1.82) is 0 Å². The molecule has 2 aromatic carbocycles. The van der Waals surface area contributed by atoms with Crippen LogP contribution in [0.2, 0.25) is 0 Å². The summed E-state index contributed by atoms with van der Waals surface area (Å²) in [6, 6.07) is 15.0. The van der Waals surface area contributed by atoms with E-state index in [1.54, 1.807) is 18.3 Å². The summed E-state index contributed by atoms with van der Waals surface area (Å²) >= 11 is 0. The third-order valence-electron chi connectivity index (χ3n) is 4.86. The molecule has 0 saturated carbocycles. The monoisotopic (exact) mass is 426 g/mol. The molecule has 1 aromatic heterocycles. The number of rotatable bonds is 8. The molecule has 0 unspecified atom stereocenters. The second-order valence-electron chi connectivity index (χ2n) is 7.04. The van der Waals surface area contributed by atoms with Crippen LogP contribution in [0.15, 0.2) is 60.9 Å². The van der Waals surface area contributed by atoms with Crippen LogP contribution in [-0.2, 0) is 27.8 Å². The fraction of sp³-hybridized carbons (Fsp3) is 0.273.